The Balaban J connectivity index is 1.52. The predicted molar refractivity (Wildman–Crippen MR) is 142 cm³/mol. The lowest BCUT2D eigenvalue weighted by molar-refractivity contribution is 0.204. The fourth-order valence-electron chi connectivity index (χ4n) is 4.84. The maximum absolute atomic E-state index is 11.6. The molecule has 0 radical (unpaired) electrons. The van der Waals surface area contributed by atoms with Gasteiger partial charge in [-0.15, -0.1) is 0 Å². The first-order chi connectivity index (χ1) is 17.5. The highest BCUT2D eigenvalue weighted by molar-refractivity contribution is 5.87. The molecule has 0 bridgehead atoms. The summed E-state index contributed by atoms with van der Waals surface area (Å²) in [5.41, 5.74) is 9.22. The molecule has 0 unspecified atom stereocenters. The molecule has 1 atom stereocenters. The number of pyridine rings is 1. The van der Waals surface area contributed by atoms with Gasteiger partial charge in [0.05, 0.1) is 23.8 Å². The SMILES string of the molecule is CCC(CC)n1ncc2nc(N3CCN(C(N)=O)CC3)nc(N[C@H](C)c3cnc4ccccc4c3)c21. The zero-order chi connectivity index (χ0) is 25.2. The first-order valence-electron chi connectivity index (χ1n) is 12.6. The predicted octanol–water partition coefficient (Wildman–Crippen LogP) is 4.11. The van der Waals surface area contributed by atoms with Crippen LogP contribution in [0, 0.1) is 0 Å². The second kappa shape index (κ2) is 9.96. The summed E-state index contributed by atoms with van der Waals surface area (Å²) in [6, 6.07) is 10.1. The number of amides is 2. The molecule has 36 heavy (non-hydrogen) atoms. The van der Waals surface area contributed by atoms with Crippen LogP contribution in [0.15, 0.2) is 42.7 Å². The van der Waals surface area contributed by atoms with Crippen molar-refractivity contribution in [2.24, 2.45) is 5.73 Å². The van der Waals surface area contributed by atoms with E-state index >= 15 is 0 Å². The van der Waals surface area contributed by atoms with Gasteiger partial charge in [-0.25, -0.2) is 9.78 Å². The number of carbonyl (C=O) groups is 1. The quantitative estimate of drug-likeness (QED) is 0.403. The van der Waals surface area contributed by atoms with Crippen molar-refractivity contribution in [3.8, 4) is 0 Å². The number of carbonyl (C=O) groups excluding carboxylic acids is 1. The van der Waals surface area contributed by atoms with Crippen molar-refractivity contribution in [2.45, 2.75) is 45.7 Å². The van der Waals surface area contributed by atoms with Crippen LogP contribution in [-0.2, 0) is 0 Å². The Bertz CT molecular complexity index is 1370. The number of hydrogen-bond acceptors (Lipinski definition) is 7. The van der Waals surface area contributed by atoms with Gasteiger partial charge in [0, 0.05) is 37.8 Å². The second-order valence-corrected chi connectivity index (χ2v) is 9.31. The van der Waals surface area contributed by atoms with E-state index in [9.17, 15) is 4.79 Å². The summed E-state index contributed by atoms with van der Waals surface area (Å²) in [5, 5.41) is 9.46. The summed E-state index contributed by atoms with van der Waals surface area (Å²) >= 11 is 0. The van der Waals surface area contributed by atoms with Crippen molar-refractivity contribution >= 4 is 39.7 Å². The highest BCUT2D eigenvalue weighted by Gasteiger charge is 2.25. The van der Waals surface area contributed by atoms with Gasteiger partial charge in [0.2, 0.25) is 5.95 Å². The van der Waals surface area contributed by atoms with Gasteiger partial charge in [0.1, 0.15) is 11.0 Å². The van der Waals surface area contributed by atoms with E-state index in [2.05, 4.69) is 52.8 Å². The third kappa shape index (κ3) is 4.50. The molecule has 1 fully saturated rings. The molecule has 3 N–H and O–H groups in total. The molecule has 4 heterocycles. The highest BCUT2D eigenvalue weighted by Crippen LogP contribution is 2.31. The summed E-state index contributed by atoms with van der Waals surface area (Å²) < 4.78 is 2.05. The number of fused-ring (bicyclic) bond motifs is 2. The van der Waals surface area contributed by atoms with Crippen LogP contribution in [0.25, 0.3) is 21.9 Å². The molecule has 0 spiro atoms. The fourth-order valence-corrected chi connectivity index (χ4v) is 4.84. The van der Waals surface area contributed by atoms with E-state index in [4.69, 9.17) is 20.8 Å². The number of benzene rings is 1. The van der Waals surface area contributed by atoms with Crippen molar-refractivity contribution in [3.05, 3.63) is 48.3 Å². The van der Waals surface area contributed by atoms with Crippen molar-refractivity contribution in [1.29, 1.82) is 0 Å². The molecule has 1 aliphatic heterocycles. The van der Waals surface area contributed by atoms with Gasteiger partial charge in [0.25, 0.3) is 0 Å². The monoisotopic (exact) mass is 487 g/mol. The molecule has 1 aromatic carbocycles. The lowest BCUT2D eigenvalue weighted by atomic mass is 10.1. The number of anilines is 2. The molecular formula is C26H33N9O. The van der Waals surface area contributed by atoms with Gasteiger partial charge in [0.15, 0.2) is 5.82 Å². The number of rotatable bonds is 7. The van der Waals surface area contributed by atoms with Crippen LogP contribution in [0.2, 0.25) is 0 Å². The Labute approximate surface area is 210 Å². The number of nitrogens with one attached hydrogen (secondary N) is 1. The number of piperazine rings is 1. The molecule has 1 saturated heterocycles. The van der Waals surface area contributed by atoms with Gasteiger partial charge in [-0.2, -0.15) is 10.1 Å². The van der Waals surface area contributed by atoms with Crippen LogP contribution in [-0.4, -0.2) is 61.8 Å². The second-order valence-electron chi connectivity index (χ2n) is 9.31. The fraction of sp³-hybridized carbons (Fsp3) is 0.423. The summed E-state index contributed by atoms with van der Waals surface area (Å²) in [7, 11) is 0. The van der Waals surface area contributed by atoms with Crippen LogP contribution in [0.4, 0.5) is 16.6 Å². The van der Waals surface area contributed by atoms with Gasteiger partial charge in [-0.3, -0.25) is 9.67 Å². The first-order valence-corrected chi connectivity index (χ1v) is 12.6. The molecule has 0 saturated carbocycles. The number of para-hydroxylation sites is 1. The minimum Gasteiger partial charge on any atom is -0.362 e. The number of primary amides is 1. The van der Waals surface area contributed by atoms with Crippen LogP contribution in [0.3, 0.4) is 0 Å². The van der Waals surface area contributed by atoms with E-state index in [1.54, 1.807) is 4.90 Å². The average molecular weight is 488 g/mol. The van der Waals surface area contributed by atoms with Crippen LogP contribution in [0.1, 0.15) is 51.3 Å². The zero-order valence-electron chi connectivity index (χ0n) is 21.1. The highest BCUT2D eigenvalue weighted by atomic mass is 16.2. The zero-order valence-corrected chi connectivity index (χ0v) is 21.1. The van der Waals surface area contributed by atoms with Gasteiger partial charge < -0.3 is 20.9 Å². The number of aromatic nitrogens is 5. The smallest absolute Gasteiger partial charge is 0.314 e. The topological polar surface area (TPSA) is 118 Å². The molecule has 5 rings (SSSR count). The van der Waals surface area contributed by atoms with E-state index < -0.39 is 6.03 Å². The molecular weight excluding hydrogens is 454 g/mol. The Morgan fingerprint density at radius 2 is 1.81 bits per heavy atom. The maximum Gasteiger partial charge on any atom is 0.314 e. The number of nitrogens with zero attached hydrogens (tertiary/aromatic N) is 7. The third-order valence-corrected chi connectivity index (χ3v) is 7.06. The molecule has 188 valence electrons. The van der Waals surface area contributed by atoms with E-state index in [1.807, 2.05) is 30.6 Å². The average Bonchev–Trinajstić information content (AvgIpc) is 3.33. The van der Waals surface area contributed by atoms with E-state index in [0.717, 1.165) is 46.2 Å². The van der Waals surface area contributed by atoms with E-state index in [0.29, 0.717) is 32.1 Å². The Morgan fingerprint density at radius 1 is 1.06 bits per heavy atom. The van der Waals surface area contributed by atoms with E-state index in [1.165, 1.54) is 0 Å². The summed E-state index contributed by atoms with van der Waals surface area (Å²) in [6.45, 7) is 8.80. The minimum atomic E-state index is -0.391. The lowest BCUT2D eigenvalue weighted by Gasteiger charge is -2.34. The minimum absolute atomic E-state index is 0.0372. The van der Waals surface area contributed by atoms with E-state index in [-0.39, 0.29) is 12.1 Å². The van der Waals surface area contributed by atoms with Gasteiger partial charge in [-0.1, -0.05) is 32.0 Å². The standard InChI is InChI=1S/C26H33N9O/c1-4-20(5-2)35-23-22(16-29-35)31-26(34-12-10-33(11-13-34)25(27)36)32-24(23)30-17(3)19-14-18-8-6-7-9-21(18)28-15-19/h6-9,14-17,20H,4-5,10-13H2,1-3H3,(H2,27,36)(H,30,31,32)/t17-/m1/s1. The molecule has 1 aliphatic rings. The molecule has 10 heteroatoms. The summed E-state index contributed by atoms with van der Waals surface area (Å²) in [4.78, 5) is 29.8. The molecule has 4 aromatic rings. The number of urea groups is 1. The Hall–Kier alpha value is -3.95. The normalized spacial score (nSPS) is 15.1. The molecule has 3 aromatic heterocycles. The van der Waals surface area contributed by atoms with Crippen LogP contribution in [0.5, 0.6) is 0 Å². The summed E-state index contributed by atoms with van der Waals surface area (Å²) in [5.74, 6) is 1.37. The number of hydrogen-bond donors (Lipinski definition) is 2. The third-order valence-electron chi connectivity index (χ3n) is 7.06. The molecule has 2 amide bonds. The largest absolute Gasteiger partial charge is 0.362 e. The lowest BCUT2D eigenvalue weighted by Crippen LogP contribution is -2.51. The van der Waals surface area contributed by atoms with Crippen molar-refractivity contribution in [1.82, 2.24) is 29.6 Å². The summed E-state index contributed by atoms with van der Waals surface area (Å²) in [6.07, 6.45) is 5.67. The Kier molecular flexibility index (Phi) is 6.58. The van der Waals surface area contributed by atoms with Crippen molar-refractivity contribution in [3.63, 3.8) is 0 Å². The van der Waals surface area contributed by atoms with Gasteiger partial charge >= 0.3 is 6.03 Å². The van der Waals surface area contributed by atoms with Crippen molar-refractivity contribution < 1.29 is 4.79 Å². The first kappa shape index (κ1) is 23.8. The van der Waals surface area contributed by atoms with Crippen LogP contribution < -0.4 is 16.0 Å². The maximum atomic E-state index is 11.6. The van der Waals surface area contributed by atoms with Crippen molar-refractivity contribution in [2.75, 3.05) is 36.4 Å². The number of nitrogens with two attached hydrogens (primary N) is 1. The Morgan fingerprint density at radius 3 is 2.53 bits per heavy atom. The van der Waals surface area contributed by atoms with Gasteiger partial charge in [-0.05, 0) is 37.5 Å². The van der Waals surface area contributed by atoms with Crippen LogP contribution >= 0.6 is 0 Å². The molecule has 10 nitrogen and oxygen atoms in total. The molecule has 0 aliphatic carbocycles.